The largest absolute Gasteiger partial charge is 0.416 e. The zero-order valence-corrected chi connectivity index (χ0v) is 18.8. The van der Waals surface area contributed by atoms with E-state index in [1.165, 1.54) is 6.07 Å². The van der Waals surface area contributed by atoms with Crippen molar-refractivity contribution in [1.29, 1.82) is 5.26 Å². The first-order valence-corrected chi connectivity index (χ1v) is 10.9. The summed E-state index contributed by atoms with van der Waals surface area (Å²) < 4.78 is 45.1. The number of aryl methyl sites for hydroxylation is 1. The fourth-order valence-electron chi connectivity index (χ4n) is 3.36. The maximum Gasteiger partial charge on any atom is 0.416 e. The molecule has 0 radical (unpaired) electrons. The Bertz CT molecular complexity index is 1060. The van der Waals surface area contributed by atoms with E-state index in [1.807, 2.05) is 25.7 Å². The molecule has 32 heavy (non-hydrogen) atoms. The van der Waals surface area contributed by atoms with Crippen molar-refractivity contribution < 1.29 is 22.7 Å². The van der Waals surface area contributed by atoms with Gasteiger partial charge in [-0.05, 0) is 50.1 Å². The van der Waals surface area contributed by atoms with Gasteiger partial charge in [-0.25, -0.2) is 4.98 Å². The van der Waals surface area contributed by atoms with Gasteiger partial charge in [-0.2, -0.15) is 18.4 Å². The lowest BCUT2D eigenvalue weighted by molar-refractivity contribution is -0.137. The number of alkyl halides is 3. The number of hydrogen-bond acceptors (Lipinski definition) is 6. The fraction of sp³-hybridized carbons (Fsp3) is 0.409. The van der Waals surface area contributed by atoms with E-state index in [0.29, 0.717) is 42.6 Å². The average molecular weight is 465 g/mol. The quantitative estimate of drug-likeness (QED) is 0.658. The third-order valence-electron chi connectivity index (χ3n) is 5.36. The SMILES string of the molecule is Cc1nc(SCC(=O)Nc2cc(C(F)(F)F)ccc2N2CCOCC2)c(C#N)c(C)c1C. The van der Waals surface area contributed by atoms with Crippen molar-refractivity contribution in [3.63, 3.8) is 0 Å². The van der Waals surface area contributed by atoms with Crippen molar-refractivity contribution in [2.45, 2.75) is 32.0 Å². The van der Waals surface area contributed by atoms with E-state index in [0.717, 1.165) is 40.7 Å². The van der Waals surface area contributed by atoms with Crippen molar-refractivity contribution in [3.8, 4) is 6.07 Å². The van der Waals surface area contributed by atoms with Gasteiger partial charge in [0.1, 0.15) is 11.1 Å². The third-order valence-corrected chi connectivity index (χ3v) is 6.34. The molecule has 1 saturated heterocycles. The number of aromatic nitrogens is 1. The highest BCUT2D eigenvalue weighted by Crippen LogP contribution is 2.36. The Balaban J connectivity index is 1.82. The smallest absolute Gasteiger partial charge is 0.378 e. The van der Waals surface area contributed by atoms with Crippen LogP contribution in [0.1, 0.15) is 27.9 Å². The zero-order valence-electron chi connectivity index (χ0n) is 18.0. The minimum Gasteiger partial charge on any atom is -0.378 e. The normalized spacial score (nSPS) is 14.2. The molecule has 1 N–H and O–H groups in total. The summed E-state index contributed by atoms with van der Waals surface area (Å²) in [4.78, 5) is 18.9. The molecule has 6 nitrogen and oxygen atoms in total. The van der Waals surface area contributed by atoms with Crippen LogP contribution in [0.2, 0.25) is 0 Å². The summed E-state index contributed by atoms with van der Waals surface area (Å²) >= 11 is 1.09. The van der Waals surface area contributed by atoms with Crippen molar-refractivity contribution >= 4 is 29.0 Å². The van der Waals surface area contributed by atoms with Gasteiger partial charge in [0.05, 0.1) is 41.5 Å². The molecule has 3 rings (SSSR count). The number of ether oxygens (including phenoxy) is 1. The maximum atomic E-state index is 13.3. The van der Waals surface area contributed by atoms with Crippen LogP contribution in [-0.2, 0) is 15.7 Å². The number of nitrogens with one attached hydrogen (secondary N) is 1. The Hall–Kier alpha value is -2.77. The van der Waals surface area contributed by atoms with Crippen LogP contribution in [0.25, 0.3) is 0 Å². The molecule has 1 fully saturated rings. The van der Waals surface area contributed by atoms with E-state index in [9.17, 15) is 23.2 Å². The highest BCUT2D eigenvalue weighted by atomic mass is 32.2. The van der Waals surface area contributed by atoms with Crippen LogP contribution in [0, 0.1) is 32.1 Å². The van der Waals surface area contributed by atoms with Crippen LogP contribution >= 0.6 is 11.8 Å². The lowest BCUT2D eigenvalue weighted by atomic mass is 10.1. The van der Waals surface area contributed by atoms with Crippen LogP contribution < -0.4 is 10.2 Å². The number of morpholine rings is 1. The lowest BCUT2D eigenvalue weighted by Gasteiger charge is -2.31. The lowest BCUT2D eigenvalue weighted by Crippen LogP contribution is -2.37. The predicted octanol–water partition coefficient (Wildman–Crippen LogP) is 4.46. The highest BCUT2D eigenvalue weighted by molar-refractivity contribution is 8.00. The summed E-state index contributed by atoms with van der Waals surface area (Å²) in [6.45, 7) is 7.47. The number of rotatable bonds is 5. The van der Waals surface area contributed by atoms with E-state index in [-0.39, 0.29) is 11.4 Å². The van der Waals surface area contributed by atoms with E-state index in [2.05, 4.69) is 16.4 Å². The average Bonchev–Trinajstić information content (AvgIpc) is 2.76. The van der Waals surface area contributed by atoms with Crippen LogP contribution in [0.5, 0.6) is 0 Å². The topological polar surface area (TPSA) is 78.2 Å². The molecule has 0 aliphatic carbocycles. The number of carbonyl (C=O) groups is 1. The van der Waals surface area contributed by atoms with Crippen LogP contribution in [0.15, 0.2) is 23.2 Å². The number of nitrogens with zero attached hydrogens (tertiary/aromatic N) is 3. The predicted molar refractivity (Wildman–Crippen MR) is 117 cm³/mol. The van der Waals surface area contributed by atoms with E-state index >= 15 is 0 Å². The number of halogens is 3. The fourth-order valence-corrected chi connectivity index (χ4v) is 4.24. The summed E-state index contributed by atoms with van der Waals surface area (Å²) in [6, 6.07) is 5.46. The Kier molecular flexibility index (Phi) is 7.31. The molecule has 170 valence electrons. The highest BCUT2D eigenvalue weighted by Gasteiger charge is 2.32. The van der Waals surface area contributed by atoms with Crippen LogP contribution in [0.4, 0.5) is 24.5 Å². The van der Waals surface area contributed by atoms with Crippen molar-refractivity contribution in [3.05, 3.63) is 46.1 Å². The number of nitriles is 1. The number of thioether (sulfide) groups is 1. The van der Waals surface area contributed by atoms with E-state index in [4.69, 9.17) is 4.74 Å². The molecule has 10 heteroatoms. The van der Waals surface area contributed by atoms with Gasteiger partial charge in [0.25, 0.3) is 0 Å². The maximum absolute atomic E-state index is 13.3. The van der Waals surface area contributed by atoms with E-state index < -0.39 is 17.6 Å². The van der Waals surface area contributed by atoms with Crippen molar-refractivity contribution in [2.75, 3.05) is 42.3 Å². The number of hydrogen-bond donors (Lipinski definition) is 1. The molecule has 0 bridgehead atoms. The Morgan fingerprint density at radius 2 is 1.94 bits per heavy atom. The second kappa shape index (κ2) is 9.79. The van der Waals surface area contributed by atoms with Gasteiger partial charge >= 0.3 is 6.18 Å². The molecule has 1 aromatic heterocycles. The molecule has 1 aliphatic rings. The Labute approximate surface area is 188 Å². The van der Waals surface area contributed by atoms with Gasteiger partial charge in [-0.15, -0.1) is 0 Å². The summed E-state index contributed by atoms with van der Waals surface area (Å²) in [7, 11) is 0. The van der Waals surface area contributed by atoms with Gasteiger partial charge in [-0.1, -0.05) is 11.8 Å². The third kappa shape index (κ3) is 5.34. The zero-order chi connectivity index (χ0) is 23.5. The van der Waals surface area contributed by atoms with E-state index in [1.54, 1.807) is 0 Å². The number of amides is 1. The summed E-state index contributed by atoms with van der Waals surface area (Å²) in [5, 5.41) is 12.5. The molecule has 0 atom stereocenters. The first-order valence-electron chi connectivity index (χ1n) is 9.96. The first-order chi connectivity index (χ1) is 15.1. The molecule has 1 amide bonds. The first kappa shape index (κ1) is 23.9. The number of carbonyl (C=O) groups excluding carboxylic acids is 1. The van der Waals surface area contributed by atoms with Crippen LogP contribution in [-0.4, -0.2) is 42.9 Å². The summed E-state index contributed by atoms with van der Waals surface area (Å²) in [5.74, 6) is -0.576. The summed E-state index contributed by atoms with van der Waals surface area (Å²) in [5.41, 5.74) is 2.64. The molecular formula is C22H23F3N4O2S. The standard InChI is InChI=1S/C22H23F3N4O2S/c1-13-14(2)17(11-26)21(27-15(13)3)32-12-20(30)28-18-10-16(22(23,24)25)4-5-19(18)29-6-8-31-9-7-29/h4-5,10H,6-9,12H2,1-3H3,(H,28,30). The van der Waals surface area contributed by atoms with Crippen molar-refractivity contribution in [2.24, 2.45) is 0 Å². The number of benzene rings is 1. The van der Waals surface area contributed by atoms with Gasteiger partial charge in [0.15, 0.2) is 0 Å². The molecule has 1 aromatic carbocycles. The molecule has 1 aliphatic heterocycles. The Morgan fingerprint density at radius 1 is 1.25 bits per heavy atom. The number of anilines is 2. The Morgan fingerprint density at radius 3 is 2.56 bits per heavy atom. The molecule has 0 saturated carbocycles. The number of pyridine rings is 1. The molecular weight excluding hydrogens is 441 g/mol. The monoisotopic (exact) mass is 464 g/mol. The molecule has 0 spiro atoms. The molecule has 2 aromatic rings. The minimum absolute atomic E-state index is 0.0945. The van der Waals surface area contributed by atoms with Gasteiger partial charge in [0, 0.05) is 18.8 Å². The second-order valence-electron chi connectivity index (χ2n) is 7.41. The van der Waals surface area contributed by atoms with Gasteiger partial charge in [0.2, 0.25) is 5.91 Å². The van der Waals surface area contributed by atoms with Crippen LogP contribution in [0.3, 0.4) is 0 Å². The van der Waals surface area contributed by atoms with Crippen molar-refractivity contribution in [1.82, 2.24) is 4.98 Å². The minimum atomic E-state index is -4.53. The summed E-state index contributed by atoms with van der Waals surface area (Å²) in [6.07, 6.45) is -4.53. The van der Waals surface area contributed by atoms with Gasteiger partial charge < -0.3 is 15.0 Å². The molecule has 2 heterocycles. The van der Waals surface area contributed by atoms with Gasteiger partial charge in [-0.3, -0.25) is 4.79 Å². The second-order valence-corrected chi connectivity index (χ2v) is 8.37. The molecule has 0 unspecified atom stereocenters.